The Kier molecular flexibility index (Phi) is 1.75. The lowest BCUT2D eigenvalue weighted by atomic mass is 9.55. The van der Waals surface area contributed by atoms with Gasteiger partial charge in [0.15, 0.2) is 0 Å². The summed E-state index contributed by atoms with van der Waals surface area (Å²) < 4.78 is 16.3. The molecule has 2 saturated heterocycles. The van der Waals surface area contributed by atoms with Crippen LogP contribution in [0.1, 0.15) is 13.3 Å². The van der Waals surface area contributed by atoms with E-state index >= 15 is 0 Å². The molecule has 0 N–H and O–H groups in total. The Balaban J connectivity index is 1.72. The maximum Gasteiger partial charge on any atom is 0.331 e. The topological polar surface area (TPSA) is 65.1 Å². The normalized spacial score (nSPS) is 51.0. The van der Waals surface area contributed by atoms with Crippen LogP contribution in [0.4, 0.5) is 0 Å². The molecule has 0 aromatic carbocycles. The van der Waals surface area contributed by atoms with E-state index in [9.17, 15) is 9.59 Å². The monoisotopic (exact) mass is 274 g/mol. The largest absolute Gasteiger partial charge is 0.458 e. The van der Waals surface area contributed by atoms with Gasteiger partial charge in [0.1, 0.15) is 12.7 Å². The van der Waals surface area contributed by atoms with Gasteiger partial charge in [0.05, 0.1) is 18.1 Å². The van der Waals surface area contributed by atoms with Gasteiger partial charge < -0.3 is 14.2 Å². The van der Waals surface area contributed by atoms with Crippen molar-refractivity contribution in [3.8, 4) is 0 Å². The number of cyclic esters (lactones) is 1. The summed E-state index contributed by atoms with van der Waals surface area (Å²) in [6, 6.07) is 0. The van der Waals surface area contributed by atoms with Crippen molar-refractivity contribution in [2.24, 2.45) is 17.3 Å². The molecule has 5 rings (SSSR count). The van der Waals surface area contributed by atoms with Crippen molar-refractivity contribution in [2.75, 3.05) is 6.61 Å². The zero-order valence-electron chi connectivity index (χ0n) is 11.0. The summed E-state index contributed by atoms with van der Waals surface area (Å²) in [5.41, 5.74) is 1.77. The van der Waals surface area contributed by atoms with Crippen LogP contribution in [0.5, 0.6) is 0 Å². The summed E-state index contributed by atoms with van der Waals surface area (Å²) in [6.45, 7) is 2.41. The molecule has 5 aliphatic rings. The Labute approximate surface area is 115 Å². The van der Waals surface area contributed by atoms with E-state index in [4.69, 9.17) is 14.2 Å². The molecule has 5 nitrogen and oxygen atoms in total. The highest BCUT2D eigenvalue weighted by molar-refractivity contribution is 5.87. The van der Waals surface area contributed by atoms with Crippen molar-refractivity contribution in [1.82, 2.24) is 0 Å². The zero-order valence-corrected chi connectivity index (χ0v) is 11.0. The highest BCUT2D eigenvalue weighted by atomic mass is 16.6. The molecule has 5 heteroatoms. The quantitative estimate of drug-likeness (QED) is 0.481. The number of esters is 2. The summed E-state index contributed by atoms with van der Waals surface area (Å²) in [4.78, 5) is 23.8. The second-order valence-corrected chi connectivity index (χ2v) is 6.57. The first kappa shape index (κ1) is 11.1. The van der Waals surface area contributed by atoms with Crippen molar-refractivity contribution >= 4 is 11.9 Å². The molecule has 0 unspecified atom stereocenters. The van der Waals surface area contributed by atoms with Crippen LogP contribution in [0.15, 0.2) is 23.3 Å². The maximum atomic E-state index is 12.2. The minimum absolute atomic E-state index is 0.0247. The molecule has 1 saturated carbocycles. The van der Waals surface area contributed by atoms with E-state index < -0.39 is 0 Å². The van der Waals surface area contributed by atoms with Crippen LogP contribution < -0.4 is 0 Å². The number of carbonyl (C=O) groups excluding carboxylic acids is 2. The first-order valence-corrected chi connectivity index (χ1v) is 7.04. The van der Waals surface area contributed by atoms with Gasteiger partial charge in [0.2, 0.25) is 0 Å². The molecular weight excluding hydrogens is 260 g/mol. The van der Waals surface area contributed by atoms with Gasteiger partial charge in [-0.25, -0.2) is 4.79 Å². The van der Waals surface area contributed by atoms with E-state index in [0.29, 0.717) is 0 Å². The molecule has 6 atom stereocenters. The number of hydrogen-bond donors (Lipinski definition) is 0. The lowest BCUT2D eigenvalue weighted by molar-refractivity contribution is -0.143. The average molecular weight is 274 g/mol. The van der Waals surface area contributed by atoms with Gasteiger partial charge in [-0.2, -0.15) is 0 Å². The Bertz CT molecular complexity index is 618. The highest BCUT2D eigenvalue weighted by Gasteiger charge is 2.69. The van der Waals surface area contributed by atoms with Crippen molar-refractivity contribution < 1.29 is 23.8 Å². The lowest BCUT2D eigenvalue weighted by Gasteiger charge is -2.47. The number of ether oxygens (including phenoxy) is 3. The van der Waals surface area contributed by atoms with E-state index in [1.165, 1.54) is 0 Å². The van der Waals surface area contributed by atoms with Crippen LogP contribution in [-0.4, -0.2) is 36.9 Å². The second-order valence-electron chi connectivity index (χ2n) is 6.57. The van der Waals surface area contributed by atoms with Gasteiger partial charge >= 0.3 is 11.9 Å². The van der Waals surface area contributed by atoms with E-state index in [2.05, 4.69) is 6.92 Å². The molecule has 0 aromatic heterocycles. The number of fused-ring (bicyclic) bond motifs is 4. The number of rotatable bonds is 0. The smallest absolute Gasteiger partial charge is 0.331 e. The predicted octanol–water partition coefficient (Wildman–Crippen LogP) is 0.745. The van der Waals surface area contributed by atoms with Crippen molar-refractivity contribution in [3.63, 3.8) is 0 Å². The first-order chi connectivity index (χ1) is 9.58. The lowest BCUT2D eigenvalue weighted by Crippen LogP contribution is -2.48. The van der Waals surface area contributed by atoms with Crippen molar-refractivity contribution in [1.29, 1.82) is 0 Å². The van der Waals surface area contributed by atoms with Gasteiger partial charge in [0, 0.05) is 17.4 Å². The van der Waals surface area contributed by atoms with Crippen LogP contribution in [-0.2, 0) is 23.8 Å². The standard InChI is InChI=1S/C15H14O5/c1-15-4-9-13(19-9)11-12(15)8(20-14(11)17)2-6-5-18-10(16)3-7(6)15/h2-3,8-9,11-13H,4-5H2,1H3/t8-,9+,11-,12+,13+,15-/m1/s1. The van der Waals surface area contributed by atoms with E-state index in [-0.39, 0.29) is 54.1 Å². The molecule has 3 fully saturated rings. The Morgan fingerprint density at radius 1 is 1.35 bits per heavy atom. The molecule has 20 heavy (non-hydrogen) atoms. The molecule has 0 spiro atoms. The van der Waals surface area contributed by atoms with E-state index in [1.54, 1.807) is 6.08 Å². The highest BCUT2D eigenvalue weighted by Crippen LogP contribution is 2.63. The van der Waals surface area contributed by atoms with Crippen LogP contribution >= 0.6 is 0 Å². The number of epoxide rings is 1. The predicted molar refractivity (Wildman–Crippen MR) is 65.4 cm³/mol. The summed E-state index contributed by atoms with van der Waals surface area (Å²) >= 11 is 0. The zero-order chi connectivity index (χ0) is 13.6. The fourth-order valence-electron chi connectivity index (χ4n) is 4.70. The average Bonchev–Trinajstić information content (AvgIpc) is 3.07. The third-order valence-electron chi connectivity index (χ3n) is 5.56. The van der Waals surface area contributed by atoms with Crippen molar-refractivity contribution in [3.05, 3.63) is 23.3 Å². The molecule has 0 aromatic rings. The second kappa shape index (κ2) is 3.17. The molecule has 0 amide bonds. The summed E-state index contributed by atoms with van der Waals surface area (Å²) in [7, 11) is 0. The minimum atomic E-state index is -0.294. The molecule has 2 aliphatic carbocycles. The molecule has 104 valence electrons. The Morgan fingerprint density at radius 2 is 2.20 bits per heavy atom. The Morgan fingerprint density at radius 3 is 3.05 bits per heavy atom. The third-order valence-corrected chi connectivity index (χ3v) is 5.56. The maximum absolute atomic E-state index is 12.2. The molecule has 0 radical (unpaired) electrons. The van der Waals surface area contributed by atoms with Crippen LogP contribution in [0.25, 0.3) is 0 Å². The molecular formula is C15H14O5. The van der Waals surface area contributed by atoms with Crippen LogP contribution in [0, 0.1) is 17.3 Å². The molecule has 3 heterocycles. The molecule has 3 aliphatic heterocycles. The Hall–Kier alpha value is -1.62. The first-order valence-electron chi connectivity index (χ1n) is 7.04. The summed E-state index contributed by atoms with van der Waals surface area (Å²) in [5, 5.41) is 0. The fourth-order valence-corrected chi connectivity index (χ4v) is 4.70. The van der Waals surface area contributed by atoms with Gasteiger partial charge in [-0.15, -0.1) is 0 Å². The van der Waals surface area contributed by atoms with Crippen LogP contribution in [0.3, 0.4) is 0 Å². The molecule has 0 bridgehead atoms. The summed E-state index contributed by atoms with van der Waals surface area (Å²) in [5.74, 6) is -0.542. The minimum Gasteiger partial charge on any atom is -0.458 e. The summed E-state index contributed by atoms with van der Waals surface area (Å²) in [6.07, 6.45) is 4.36. The van der Waals surface area contributed by atoms with Crippen LogP contribution in [0.2, 0.25) is 0 Å². The SMILES string of the molecule is C[C@@]12C[C@@H]3O[C@@H]3[C@@H]3C(=O)O[C@H](C=C4COC(=O)C=C41)[C@@H]32. The number of carbonyl (C=O) groups is 2. The van der Waals surface area contributed by atoms with Gasteiger partial charge in [-0.3, -0.25) is 4.79 Å². The fraction of sp³-hybridized carbons (Fsp3) is 0.600. The van der Waals surface area contributed by atoms with Crippen molar-refractivity contribution in [2.45, 2.75) is 31.7 Å². The van der Waals surface area contributed by atoms with Gasteiger partial charge in [-0.05, 0) is 23.6 Å². The van der Waals surface area contributed by atoms with Gasteiger partial charge in [-0.1, -0.05) is 6.92 Å². The van der Waals surface area contributed by atoms with E-state index in [1.807, 2.05) is 6.08 Å². The third kappa shape index (κ3) is 1.14. The number of hydrogen-bond acceptors (Lipinski definition) is 5. The van der Waals surface area contributed by atoms with E-state index in [0.717, 1.165) is 17.6 Å². The van der Waals surface area contributed by atoms with Gasteiger partial charge in [0.25, 0.3) is 0 Å².